The first kappa shape index (κ1) is 15.3. The number of carbonyl (C=O) groups is 1. The van der Waals surface area contributed by atoms with E-state index in [4.69, 9.17) is 22.3 Å². The van der Waals surface area contributed by atoms with Crippen LogP contribution in [0.1, 0.15) is 15.9 Å². The number of nitrogens with one attached hydrogen (secondary N) is 1. The predicted molar refractivity (Wildman–Crippen MR) is 80.0 cm³/mol. The summed E-state index contributed by atoms with van der Waals surface area (Å²) in [6.45, 7) is 0.0895. The zero-order valence-corrected chi connectivity index (χ0v) is 13.1. The van der Waals surface area contributed by atoms with E-state index >= 15 is 0 Å². The van der Waals surface area contributed by atoms with Crippen LogP contribution in [0.2, 0.25) is 5.02 Å². The first-order valence-corrected chi connectivity index (χ1v) is 8.99. The van der Waals surface area contributed by atoms with Gasteiger partial charge in [0, 0.05) is 33.4 Å². The molecule has 20 heavy (non-hydrogen) atoms. The van der Waals surface area contributed by atoms with Gasteiger partial charge in [0.05, 0.1) is 0 Å². The third-order valence-electron chi connectivity index (χ3n) is 2.47. The Labute approximate surface area is 129 Å². The number of hydrogen-bond donors (Lipinski definition) is 1. The molecule has 1 heterocycles. The van der Waals surface area contributed by atoms with Crippen molar-refractivity contribution in [2.45, 2.75) is 10.8 Å². The summed E-state index contributed by atoms with van der Waals surface area (Å²) in [4.78, 5) is 11.9. The van der Waals surface area contributed by atoms with Gasteiger partial charge in [0.1, 0.15) is 4.21 Å². The van der Waals surface area contributed by atoms with Gasteiger partial charge in [0.15, 0.2) is 0 Å². The third-order valence-corrected chi connectivity index (χ3v) is 5.86. The molecule has 0 radical (unpaired) electrons. The van der Waals surface area contributed by atoms with Crippen LogP contribution in [-0.4, -0.2) is 14.3 Å². The fourth-order valence-electron chi connectivity index (χ4n) is 1.55. The van der Waals surface area contributed by atoms with Gasteiger partial charge in [-0.1, -0.05) is 11.6 Å². The summed E-state index contributed by atoms with van der Waals surface area (Å²) < 4.78 is 22.7. The molecular weight excluding hydrogens is 341 g/mol. The van der Waals surface area contributed by atoms with E-state index in [1.165, 1.54) is 0 Å². The largest absolute Gasteiger partial charge is 0.348 e. The summed E-state index contributed by atoms with van der Waals surface area (Å²) in [5.74, 6) is -0.314. The normalized spacial score (nSPS) is 11.3. The van der Waals surface area contributed by atoms with Crippen LogP contribution in [0.4, 0.5) is 0 Å². The lowest BCUT2D eigenvalue weighted by atomic mass is 10.2. The van der Waals surface area contributed by atoms with Crippen molar-refractivity contribution in [1.29, 1.82) is 0 Å². The zero-order chi connectivity index (χ0) is 14.8. The Morgan fingerprint density at radius 1 is 1.20 bits per heavy atom. The van der Waals surface area contributed by atoms with Crippen molar-refractivity contribution in [2.24, 2.45) is 0 Å². The van der Waals surface area contributed by atoms with Crippen molar-refractivity contribution in [1.82, 2.24) is 5.32 Å². The predicted octanol–water partition coefficient (Wildman–Crippen LogP) is 3.26. The minimum absolute atomic E-state index is 0.0515. The van der Waals surface area contributed by atoms with Gasteiger partial charge in [0.2, 0.25) is 0 Å². The Balaban J connectivity index is 2.08. The minimum atomic E-state index is -3.79. The number of amides is 1. The van der Waals surface area contributed by atoms with Crippen molar-refractivity contribution in [3.8, 4) is 0 Å². The standard InChI is InChI=1S/C12H9Cl2NO3S2/c13-10-3-1-8(2-4-10)11(16)15-7-9-5-6-19-12(9)20(14,17)18/h1-6H,7H2,(H,15,16). The van der Waals surface area contributed by atoms with Crippen LogP contribution >= 0.6 is 33.6 Å². The lowest BCUT2D eigenvalue weighted by molar-refractivity contribution is 0.0950. The zero-order valence-electron chi connectivity index (χ0n) is 9.97. The number of carbonyl (C=O) groups excluding carboxylic acids is 1. The van der Waals surface area contributed by atoms with E-state index in [0.717, 1.165) is 11.3 Å². The summed E-state index contributed by atoms with van der Waals surface area (Å²) >= 11 is 6.75. The molecule has 0 spiro atoms. The number of benzene rings is 1. The Hall–Kier alpha value is -1.08. The molecule has 0 aliphatic carbocycles. The first-order chi connectivity index (χ1) is 9.38. The highest BCUT2D eigenvalue weighted by molar-refractivity contribution is 8.15. The van der Waals surface area contributed by atoms with Gasteiger partial charge in [-0.2, -0.15) is 0 Å². The Bertz CT molecular complexity index is 723. The van der Waals surface area contributed by atoms with Gasteiger partial charge < -0.3 is 5.32 Å². The molecule has 2 aromatic rings. The van der Waals surface area contributed by atoms with Crippen LogP contribution in [0.5, 0.6) is 0 Å². The molecule has 0 saturated carbocycles. The van der Waals surface area contributed by atoms with Crippen LogP contribution < -0.4 is 5.32 Å². The van der Waals surface area contributed by atoms with Gasteiger partial charge in [0.25, 0.3) is 15.0 Å². The maximum atomic E-state index is 11.9. The third kappa shape index (κ3) is 3.73. The van der Waals surface area contributed by atoms with E-state index in [9.17, 15) is 13.2 Å². The summed E-state index contributed by atoms with van der Waals surface area (Å²) in [6, 6.07) is 8.00. The van der Waals surface area contributed by atoms with Crippen LogP contribution in [0.3, 0.4) is 0 Å². The molecule has 1 aromatic heterocycles. The van der Waals surface area contributed by atoms with Crippen molar-refractivity contribution in [2.75, 3.05) is 0 Å². The molecule has 0 fully saturated rings. The fourth-order valence-corrected chi connectivity index (χ4v) is 4.02. The average Bonchev–Trinajstić information content (AvgIpc) is 2.85. The van der Waals surface area contributed by atoms with E-state index in [1.54, 1.807) is 35.7 Å². The van der Waals surface area contributed by atoms with Crippen LogP contribution in [0.15, 0.2) is 39.9 Å². The lowest BCUT2D eigenvalue weighted by Gasteiger charge is -2.05. The molecule has 4 nitrogen and oxygen atoms in total. The molecule has 0 bridgehead atoms. The second kappa shape index (κ2) is 6.13. The second-order valence-electron chi connectivity index (χ2n) is 3.86. The monoisotopic (exact) mass is 349 g/mol. The average molecular weight is 350 g/mol. The van der Waals surface area contributed by atoms with E-state index in [1.807, 2.05) is 0 Å². The topological polar surface area (TPSA) is 63.2 Å². The molecule has 0 unspecified atom stereocenters. The molecule has 0 aliphatic rings. The van der Waals surface area contributed by atoms with Crippen molar-refractivity contribution in [3.05, 3.63) is 51.9 Å². The lowest BCUT2D eigenvalue weighted by Crippen LogP contribution is -2.23. The molecular formula is C12H9Cl2NO3S2. The van der Waals surface area contributed by atoms with E-state index < -0.39 is 9.05 Å². The molecule has 1 aromatic carbocycles. The Morgan fingerprint density at radius 3 is 2.45 bits per heavy atom. The molecule has 0 aliphatic heterocycles. The van der Waals surface area contributed by atoms with Gasteiger partial charge in [-0.25, -0.2) is 8.42 Å². The molecule has 0 atom stereocenters. The quantitative estimate of drug-likeness (QED) is 0.861. The highest BCUT2D eigenvalue weighted by atomic mass is 35.7. The smallest absolute Gasteiger partial charge is 0.271 e. The summed E-state index contributed by atoms with van der Waals surface area (Å²) in [7, 11) is 1.52. The van der Waals surface area contributed by atoms with E-state index in [0.29, 0.717) is 16.1 Å². The molecule has 0 saturated heterocycles. The van der Waals surface area contributed by atoms with E-state index in [2.05, 4.69) is 5.32 Å². The molecule has 106 valence electrons. The van der Waals surface area contributed by atoms with Crippen LogP contribution in [0.25, 0.3) is 0 Å². The Kier molecular flexibility index (Phi) is 4.70. The Morgan fingerprint density at radius 2 is 1.85 bits per heavy atom. The summed E-state index contributed by atoms with van der Waals surface area (Å²) in [5, 5.41) is 4.78. The molecule has 1 N–H and O–H groups in total. The number of hydrogen-bond acceptors (Lipinski definition) is 4. The number of rotatable bonds is 4. The van der Waals surface area contributed by atoms with Crippen molar-refractivity contribution in [3.63, 3.8) is 0 Å². The van der Waals surface area contributed by atoms with Gasteiger partial charge in [-0.3, -0.25) is 4.79 Å². The van der Waals surface area contributed by atoms with Crippen molar-refractivity contribution >= 4 is 48.6 Å². The van der Waals surface area contributed by atoms with Crippen LogP contribution in [0, 0.1) is 0 Å². The van der Waals surface area contributed by atoms with Gasteiger partial charge >= 0.3 is 0 Å². The van der Waals surface area contributed by atoms with Crippen molar-refractivity contribution < 1.29 is 13.2 Å². The molecule has 1 amide bonds. The molecule has 2 rings (SSSR count). The minimum Gasteiger partial charge on any atom is -0.348 e. The number of halogens is 2. The maximum Gasteiger partial charge on any atom is 0.271 e. The number of thiophene rings is 1. The summed E-state index contributed by atoms with van der Waals surface area (Å²) in [5.41, 5.74) is 0.909. The second-order valence-corrected chi connectivity index (χ2v) is 7.97. The van der Waals surface area contributed by atoms with Crippen LogP contribution in [-0.2, 0) is 15.6 Å². The van der Waals surface area contributed by atoms with E-state index in [-0.39, 0.29) is 16.7 Å². The first-order valence-electron chi connectivity index (χ1n) is 5.43. The fraction of sp³-hybridized carbons (Fsp3) is 0.0833. The highest BCUT2D eigenvalue weighted by Crippen LogP contribution is 2.26. The SMILES string of the molecule is O=C(NCc1ccsc1S(=O)(=O)Cl)c1ccc(Cl)cc1. The summed E-state index contributed by atoms with van der Waals surface area (Å²) in [6.07, 6.45) is 0. The highest BCUT2D eigenvalue weighted by Gasteiger charge is 2.17. The van der Waals surface area contributed by atoms with Gasteiger partial charge in [-0.05, 0) is 35.7 Å². The maximum absolute atomic E-state index is 11.9. The van der Waals surface area contributed by atoms with Gasteiger partial charge in [-0.15, -0.1) is 11.3 Å². The molecule has 8 heteroatoms.